The van der Waals surface area contributed by atoms with Crippen LogP contribution >= 0.6 is 11.8 Å². The van der Waals surface area contributed by atoms with E-state index >= 15 is 0 Å². The molecular formula is C13H17FN4OS. The highest BCUT2D eigenvalue weighted by molar-refractivity contribution is 7.99. The average molecular weight is 296 g/mol. The summed E-state index contributed by atoms with van der Waals surface area (Å²) in [5.74, 6) is -0.283. The van der Waals surface area contributed by atoms with Gasteiger partial charge in [0, 0.05) is 13.1 Å². The van der Waals surface area contributed by atoms with E-state index in [1.807, 2.05) is 6.92 Å². The molecule has 7 heteroatoms. The summed E-state index contributed by atoms with van der Waals surface area (Å²) in [7, 11) is 1.65. The number of rotatable bonds is 5. The Morgan fingerprint density at radius 1 is 1.45 bits per heavy atom. The van der Waals surface area contributed by atoms with E-state index in [1.165, 1.54) is 28.5 Å². The zero-order valence-electron chi connectivity index (χ0n) is 11.3. The van der Waals surface area contributed by atoms with E-state index in [0.717, 1.165) is 12.0 Å². The molecule has 0 spiro atoms. The molecule has 0 saturated carbocycles. The molecule has 2 unspecified atom stereocenters. The van der Waals surface area contributed by atoms with Crippen LogP contribution in [0, 0.1) is 5.82 Å². The van der Waals surface area contributed by atoms with Gasteiger partial charge in [-0.2, -0.15) is 0 Å². The minimum absolute atomic E-state index is 0.0884. The average Bonchev–Trinajstić information content (AvgIpc) is 2.77. The van der Waals surface area contributed by atoms with E-state index in [9.17, 15) is 9.18 Å². The standard InChI is InChI=1S/C13H17FN4OS/c1-3-10(15)11(8-4-6-9(14)7-5-8)20-13-17-16-12(19)18(13)2/h4-7,10-11H,3,15H2,1-2H3,(H,16,19). The maximum absolute atomic E-state index is 13.0. The van der Waals surface area contributed by atoms with Gasteiger partial charge in [-0.1, -0.05) is 30.8 Å². The lowest BCUT2D eigenvalue weighted by Crippen LogP contribution is -2.26. The van der Waals surface area contributed by atoms with Gasteiger partial charge in [0.1, 0.15) is 5.82 Å². The molecule has 0 bridgehead atoms. The van der Waals surface area contributed by atoms with Crippen LogP contribution in [0.15, 0.2) is 34.2 Å². The van der Waals surface area contributed by atoms with Gasteiger partial charge in [-0.15, -0.1) is 5.10 Å². The molecule has 1 heterocycles. The van der Waals surface area contributed by atoms with Gasteiger partial charge >= 0.3 is 5.69 Å². The van der Waals surface area contributed by atoms with Crippen LogP contribution in [0.3, 0.4) is 0 Å². The van der Waals surface area contributed by atoms with Crippen LogP contribution in [0.5, 0.6) is 0 Å². The molecule has 0 saturated heterocycles. The first kappa shape index (κ1) is 14.8. The first-order valence-corrected chi connectivity index (χ1v) is 7.20. The van der Waals surface area contributed by atoms with Gasteiger partial charge in [-0.3, -0.25) is 4.57 Å². The Morgan fingerprint density at radius 2 is 2.10 bits per heavy atom. The highest BCUT2D eigenvalue weighted by Crippen LogP contribution is 2.36. The van der Waals surface area contributed by atoms with Crippen molar-refractivity contribution in [2.45, 2.75) is 29.8 Å². The minimum Gasteiger partial charge on any atom is -0.326 e. The van der Waals surface area contributed by atoms with Crippen molar-refractivity contribution in [1.29, 1.82) is 0 Å². The molecule has 2 aromatic rings. The first-order chi connectivity index (χ1) is 9.52. The number of aromatic amines is 1. The Morgan fingerprint density at radius 3 is 2.60 bits per heavy atom. The lowest BCUT2D eigenvalue weighted by atomic mass is 10.0. The summed E-state index contributed by atoms with van der Waals surface area (Å²) < 4.78 is 14.5. The van der Waals surface area contributed by atoms with Crippen LogP contribution < -0.4 is 11.4 Å². The number of halogens is 1. The summed E-state index contributed by atoms with van der Waals surface area (Å²) in [5, 5.41) is 6.84. The summed E-state index contributed by atoms with van der Waals surface area (Å²) in [4.78, 5) is 11.4. The molecule has 2 atom stereocenters. The number of aromatic nitrogens is 3. The molecule has 5 nitrogen and oxygen atoms in total. The molecule has 0 aliphatic heterocycles. The fourth-order valence-electron chi connectivity index (χ4n) is 1.82. The molecule has 1 aromatic heterocycles. The first-order valence-electron chi connectivity index (χ1n) is 6.32. The van der Waals surface area contributed by atoms with Gasteiger partial charge < -0.3 is 5.73 Å². The van der Waals surface area contributed by atoms with Gasteiger partial charge in [-0.25, -0.2) is 14.3 Å². The summed E-state index contributed by atoms with van der Waals surface area (Å²) in [5.41, 5.74) is 6.80. The number of H-pyrrole nitrogens is 1. The predicted octanol–water partition coefficient (Wildman–Crippen LogP) is 1.82. The van der Waals surface area contributed by atoms with Gasteiger partial charge in [0.2, 0.25) is 0 Å². The van der Waals surface area contributed by atoms with E-state index in [4.69, 9.17) is 5.73 Å². The summed E-state index contributed by atoms with van der Waals surface area (Å²) in [6, 6.07) is 6.14. The SMILES string of the molecule is CCC(N)C(Sc1n[nH]c(=O)n1C)c1ccc(F)cc1. The van der Waals surface area contributed by atoms with Crippen LogP contribution in [-0.2, 0) is 7.05 Å². The second-order valence-electron chi connectivity index (χ2n) is 4.53. The maximum atomic E-state index is 13.0. The fraction of sp³-hybridized carbons (Fsp3) is 0.385. The van der Waals surface area contributed by atoms with Crippen LogP contribution in [0.4, 0.5) is 4.39 Å². The molecule has 3 N–H and O–H groups in total. The molecule has 108 valence electrons. The Labute approximate surface area is 120 Å². The van der Waals surface area contributed by atoms with Gasteiger partial charge in [0.05, 0.1) is 5.25 Å². The monoisotopic (exact) mass is 296 g/mol. The number of benzene rings is 1. The van der Waals surface area contributed by atoms with E-state index in [0.29, 0.717) is 5.16 Å². The Balaban J connectivity index is 2.31. The molecule has 0 aliphatic carbocycles. The van der Waals surface area contributed by atoms with Crippen LogP contribution in [0.2, 0.25) is 0 Å². The third-order valence-electron chi connectivity index (χ3n) is 3.13. The summed E-state index contributed by atoms with van der Waals surface area (Å²) in [6.07, 6.45) is 0.771. The van der Waals surface area contributed by atoms with Crippen molar-refractivity contribution in [3.8, 4) is 0 Å². The van der Waals surface area contributed by atoms with Crippen molar-refractivity contribution in [3.63, 3.8) is 0 Å². The third kappa shape index (κ3) is 3.10. The van der Waals surface area contributed by atoms with Gasteiger partial charge in [0.25, 0.3) is 0 Å². The molecular weight excluding hydrogens is 279 g/mol. The van der Waals surface area contributed by atoms with Crippen LogP contribution in [0.25, 0.3) is 0 Å². The quantitative estimate of drug-likeness (QED) is 0.825. The van der Waals surface area contributed by atoms with Gasteiger partial charge in [0.15, 0.2) is 5.16 Å². The van der Waals surface area contributed by atoms with Crippen molar-refractivity contribution >= 4 is 11.8 Å². The lowest BCUT2D eigenvalue weighted by molar-refractivity contribution is 0.616. The number of nitrogens with two attached hydrogens (primary N) is 1. The predicted molar refractivity (Wildman–Crippen MR) is 77.1 cm³/mol. The maximum Gasteiger partial charge on any atom is 0.343 e. The second kappa shape index (κ2) is 6.23. The van der Waals surface area contributed by atoms with Crippen molar-refractivity contribution in [2.75, 3.05) is 0 Å². The highest BCUT2D eigenvalue weighted by Gasteiger charge is 2.22. The number of nitrogens with one attached hydrogen (secondary N) is 1. The van der Waals surface area contributed by atoms with Crippen molar-refractivity contribution in [1.82, 2.24) is 14.8 Å². The Bertz CT molecular complexity index is 622. The lowest BCUT2D eigenvalue weighted by Gasteiger charge is -2.22. The van der Waals surface area contributed by atoms with Crippen molar-refractivity contribution in [3.05, 3.63) is 46.1 Å². The molecule has 0 amide bonds. The van der Waals surface area contributed by atoms with E-state index in [-0.39, 0.29) is 22.8 Å². The zero-order valence-corrected chi connectivity index (χ0v) is 12.2. The topological polar surface area (TPSA) is 76.7 Å². The van der Waals surface area contributed by atoms with E-state index < -0.39 is 0 Å². The molecule has 0 radical (unpaired) electrons. The fourth-order valence-corrected chi connectivity index (χ4v) is 3.05. The van der Waals surface area contributed by atoms with Crippen LogP contribution in [0.1, 0.15) is 24.2 Å². The summed E-state index contributed by atoms with van der Waals surface area (Å²) in [6.45, 7) is 1.99. The number of hydrogen-bond donors (Lipinski definition) is 2. The van der Waals surface area contributed by atoms with E-state index in [2.05, 4.69) is 10.2 Å². The number of hydrogen-bond acceptors (Lipinski definition) is 4. The largest absolute Gasteiger partial charge is 0.343 e. The van der Waals surface area contributed by atoms with E-state index in [1.54, 1.807) is 19.2 Å². The minimum atomic E-state index is -0.283. The Hall–Kier alpha value is -1.60. The molecule has 20 heavy (non-hydrogen) atoms. The van der Waals surface area contributed by atoms with Crippen molar-refractivity contribution < 1.29 is 4.39 Å². The molecule has 1 aromatic carbocycles. The number of thioether (sulfide) groups is 1. The third-order valence-corrected chi connectivity index (χ3v) is 4.58. The normalized spacial score (nSPS) is 14.2. The molecule has 0 fully saturated rings. The van der Waals surface area contributed by atoms with Crippen molar-refractivity contribution in [2.24, 2.45) is 12.8 Å². The molecule has 2 rings (SSSR count). The highest BCUT2D eigenvalue weighted by atomic mass is 32.2. The Kier molecular flexibility index (Phi) is 4.61. The number of nitrogens with zero attached hydrogens (tertiary/aromatic N) is 2. The molecule has 0 aliphatic rings. The second-order valence-corrected chi connectivity index (χ2v) is 5.64. The van der Waals surface area contributed by atoms with Crippen LogP contribution in [-0.4, -0.2) is 20.8 Å². The smallest absolute Gasteiger partial charge is 0.326 e. The van der Waals surface area contributed by atoms with Gasteiger partial charge in [-0.05, 0) is 24.1 Å². The zero-order chi connectivity index (χ0) is 14.7. The summed E-state index contributed by atoms with van der Waals surface area (Å²) >= 11 is 1.40.